The van der Waals surface area contributed by atoms with Gasteiger partial charge in [0, 0.05) is 29.4 Å². The normalized spacial score (nSPS) is 15.8. The van der Waals surface area contributed by atoms with Gasteiger partial charge in [0.05, 0.1) is 11.5 Å². The maximum Gasteiger partial charge on any atom is 0.255 e. The van der Waals surface area contributed by atoms with E-state index in [0.717, 1.165) is 24.8 Å². The van der Waals surface area contributed by atoms with E-state index in [2.05, 4.69) is 10.6 Å². The number of anilines is 1. The number of halogens is 1. The van der Waals surface area contributed by atoms with E-state index >= 15 is 0 Å². The Kier molecular flexibility index (Phi) is 6.93. The summed E-state index contributed by atoms with van der Waals surface area (Å²) in [5, 5.41) is 6.42. The Morgan fingerprint density at radius 2 is 1.90 bits per heavy atom. The number of rotatable bonds is 8. The Balaban J connectivity index is 1.66. The van der Waals surface area contributed by atoms with Crippen LogP contribution in [0.5, 0.6) is 0 Å². The highest BCUT2D eigenvalue weighted by molar-refractivity contribution is 6.31. The first-order valence-electron chi connectivity index (χ1n) is 10.0. The van der Waals surface area contributed by atoms with Crippen LogP contribution in [-0.4, -0.2) is 31.1 Å². The molecule has 2 aromatic rings. The highest BCUT2D eigenvalue weighted by atomic mass is 35.5. The zero-order chi connectivity index (χ0) is 20.9. The van der Waals surface area contributed by atoms with E-state index in [1.54, 1.807) is 24.3 Å². The van der Waals surface area contributed by atoms with Crippen molar-refractivity contribution in [2.45, 2.75) is 44.6 Å². The quantitative estimate of drug-likeness (QED) is 0.665. The van der Waals surface area contributed by atoms with E-state index in [9.17, 15) is 9.59 Å². The number of carbonyl (C=O) groups excluding carboxylic acids is 2. The highest BCUT2D eigenvalue weighted by Crippen LogP contribution is 2.44. The lowest BCUT2D eigenvalue weighted by molar-refractivity contribution is -0.130. The molecule has 2 aromatic carbocycles. The molecule has 1 unspecified atom stereocenters. The van der Waals surface area contributed by atoms with E-state index in [-0.39, 0.29) is 17.9 Å². The van der Waals surface area contributed by atoms with Crippen molar-refractivity contribution in [2.24, 2.45) is 0 Å². The number of amides is 2. The summed E-state index contributed by atoms with van der Waals surface area (Å²) in [6.07, 6.45) is 2.68. The number of nitrogens with one attached hydrogen (secondary N) is 2. The molecule has 2 amide bonds. The third kappa shape index (κ3) is 4.98. The summed E-state index contributed by atoms with van der Waals surface area (Å²) in [4.78, 5) is 25.3. The molecule has 2 N–H and O–H groups in total. The molecule has 1 fully saturated rings. The first-order valence-corrected chi connectivity index (χ1v) is 10.4. The van der Waals surface area contributed by atoms with Crippen LogP contribution in [0.25, 0.3) is 0 Å². The molecule has 6 heteroatoms. The molecular weight excluding hydrogens is 388 g/mol. The zero-order valence-corrected chi connectivity index (χ0v) is 17.6. The Morgan fingerprint density at radius 3 is 2.48 bits per heavy atom. The molecule has 1 aliphatic carbocycles. The fraction of sp³-hybridized carbons (Fsp3) is 0.391. The highest BCUT2D eigenvalue weighted by Gasteiger charge is 2.45. The molecule has 0 aromatic heterocycles. The lowest BCUT2D eigenvalue weighted by atomic mass is 9.63. The van der Waals surface area contributed by atoms with Crippen LogP contribution in [0.2, 0.25) is 5.02 Å². The van der Waals surface area contributed by atoms with E-state index in [4.69, 9.17) is 16.3 Å². The molecule has 3 rings (SSSR count). The monoisotopic (exact) mass is 414 g/mol. The van der Waals surface area contributed by atoms with Gasteiger partial charge in [0.15, 0.2) is 0 Å². The summed E-state index contributed by atoms with van der Waals surface area (Å²) in [6.45, 7) is 5.03. The molecule has 0 spiro atoms. The van der Waals surface area contributed by atoms with E-state index < -0.39 is 5.41 Å². The van der Waals surface area contributed by atoms with Gasteiger partial charge in [0.1, 0.15) is 0 Å². The van der Waals surface area contributed by atoms with Gasteiger partial charge in [-0.3, -0.25) is 9.59 Å². The third-order valence-corrected chi connectivity index (χ3v) is 5.66. The van der Waals surface area contributed by atoms with Crippen molar-refractivity contribution >= 4 is 29.1 Å². The minimum atomic E-state index is -0.485. The third-order valence-electron chi connectivity index (χ3n) is 5.43. The maximum atomic E-state index is 12.9. The van der Waals surface area contributed by atoms with Crippen molar-refractivity contribution in [3.05, 3.63) is 64.7 Å². The predicted molar refractivity (Wildman–Crippen MR) is 115 cm³/mol. The molecular formula is C23H27ClN2O3. The Hall–Kier alpha value is -2.37. The molecule has 154 valence electrons. The second kappa shape index (κ2) is 9.42. The van der Waals surface area contributed by atoms with Gasteiger partial charge in [0.25, 0.3) is 5.91 Å². The molecule has 0 saturated heterocycles. The van der Waals surface area contributed by atoms with Gasteiger partial charge in [-0.05, 0) is 62.6 Å². The predicted octanol–water partition coefficient (Wildman–Crippen LogP) is 4.56. The Labute approximate surface area is 176 Å². The smallest absolute Gasteiger partial charge is 0.255 e. The van der Waals surface area contributed by atoms with Gasteiger partial charge in [-0.2, -0.15) is 0 Å². The molecule has 1 aliphatic rings. The van der Waals surface area contributed by atoms with Crippen molar-refractivity contribution < 1.29 is 14.3 Å². The summed E-state index contributed by atoms with van der Waals surface area (Å²) in [6, 6.07) is 14.4. The molecule has 0 bridgehead atoms. The average Bonchev–Trinajstić information content (AvgIpc) is 2.67. The lowest BCUT2D eigenvalue weighted by Crippen LogP contribution is -2.50. The van der Waals surface area contributed by atoms with E-state index in [0.29, 0.717) is 29.4 Å². The molecule has 0 heterocycles. The minimum Gasteiger partial charge on any atom is -0.377 e. The SMILES string of the molecule is CCOC(C)CNC(=O)C1(c2ccc(NC(=O)c3cccc(Cl)c3)cc2)CCC1. The topological polar surface area (TPSA) is 67.4 Å². The van der Waals surface area contributed by atoms with Crippen LogP contribution in [0.15, 0.2) is 48.5 Å². The van der Waals surface area contributed by atoms with Crippen molar-refractivity contribution in [3.63, 3.8) is 0 Å². The number of ether oxygens (including phenoxy) is 1. The van der Waals surface area contributed by atoms with Crippen LogP contribution < -0.4 is 10.6 Å². The van der Waals surface area contributed by atoms with Crippen molar-refractivity contribution in [2.75, 3.05) is 18.5 Å². The van der Waals surface area contributed by atoms with Gasteiger partial charge in [-0.25, -0.2) is 0 Å². The molecule has 1 saturated carbocycles. The maximum absolute atomic E-state index is 12.9. The van der Waals surface area contributed by atoms with Crippen LogP contribution in [0.4, 0.5) is 5.69 Å². The van der Waals surface area contributed by atoms with E-state index in [1.165, 1.54) is 0 Å². The summed E-state index contributed by atoms with van der Waals surface area (Å²) < 4.78 is 5.50. The van der Waals surface area contributed by atoms with Crippen molar-refractivity contribution in [1.29, 1.82) is 0 Å². The fourth-order valence-electron chi connectivity index (χ4n) is 3.63. The molecule has 1 atom stereocenters. The Morgan fingerprint density at radius 1 is 1.17 bits per heavy atom. The summed E-state index contributed by atoms with van der Waals surface area (Å²) in [5.41, 5.74) is 1.67. The van der Waals surface area contributed by atoms with Crippen LogP contribution in [0.3, 0.4) is 0 Å². The van der Waals surface area contributed by atoms with Crippen molar-refractivity contribution in [1.82, 2.24) is 5.32 Å². The summed E-state index contributed by atoms with van der Waals surface area (Å²) in [5.74, 6) is -0.174. The van der Waals surface area contributed by atoms with Gasteiger partial charge in [0.2, 0.25) is 5.91 Å². The fourth-order valence-corrected chi connectivity index (χ4v) is 3.82. The van der Waals surface area contributed by atoms with Gasteiger partial charge in [-0.1, -0.05) is 36.2 Å². The van der Waals surface area contributed by atoms with Crippen LogP contribution in [-0.2, 0) is 14.9 Å². The second-order valence-corrected chi connectivity index (χ2v) is 7.89. The van der Waals surface area contributed by atoms with Crippen molar-refractivity contribution in [3.8, 4) is 0 Å². The van der Waals surface area contributed by atoms with Gasteiger partial charge >= 0.3 is 0 Å². The second-order valence-electron chi connectivity index (χ2n) is 7.45. The largest absolute Gasteiger partial charge is 0.377 e. The average molecular weight is 415 g/mol. The van der Waals surface area contributed by atoms with Crippen LogP contribution in [0, 0.1) is 0 Å². The first-order chi connectivity index (χ1) is 13.9. The zero-order valence-electron chi connectivity index (χ0n) is 16.8. The number of benzene rings is 2. The van der Waals surface area contributed by atoms with Gasteiger partial charge in [-0.15, -0.1) is 0 Å². The summed E-state index contributed by atoms with van der Waals surface area (Å²) in [7, 11) is 0. The van der Waals surface area contributed by atoms with Crippen LogP contribution >= 0.6 is 11.6 Å². The lowest BCUT2D eigenvalue weighted by Gasteiger charge is -2.41. The molecule has 29 heavy (non-hydrogen) atoms. The van der Waals surface area contributed by atoms with Gasteiger partial charge < -0.3 is 15.4 Å². The first kappa shape index (κ1) is 21.3. The standard InChI is InChI=1S/C23H27ClN2O3/c1-3-29-16(2)15-25-22(28)23(12-5-13-23)18-8-10-20(11-9-18)26-21(27)17-6-4-7-19(24)14-17/h4,6-11,14,16H,3,5,12-13,15H2,1-2H3,(H,25,28)(H,26,27). The minimum absolute atomic E-state index is 0.00912. The number of hydrogen-bond donors (Lipinski definition) is 2. The molecule has 5 nitrogen and oxygen atoms in total. The van der Waals surface area contributed by atoms with Crippen LogP contribution in [0.1, 0.15) is 49.0 Å². The molecule has 0 radical (unpaired) electrons. The number of hydrogen-bond acceptors (Lipinski definition) is 3. The number of carbonyl (C=O) groups is 2. The van der Waals surface area contributed by atoms with E-state index in [1.807, 2.05) is 38.1 Å². The molecule has 0 aliphatic heterocycles. The summed E-state index contributed by atoms with van der Waals surface area (Å²) >= 11 is 5.95. The Bertz CT molecular complexity index is 863.